The van der Waals surface area contributed by atoms with Gasteiger partial charge in [0.25, 0.3) is 0 Å². The maximum Gasteiger partial charge on any atom is 0.173 e. The molecule has 1 fully saturated rings. The van der Waals surface area contributed by atoms with Crippen LogP contribution in [0.4, 0.5) is 0 Å². The van der Waals surface area contributed by atoms with E-state index in [1.165, 1.54) is 63.9 Å². The molecule has 1 saturated carbocycles. The normalized spacial score (nSPS) is 16.4. The molecule has 0 radical (unpaired) electrons. The van der Waals surface area contributed by atoms with Crippen molar-refractivity contribution < 1.29 is 14.4 Å². The highest BCUT2D eigenvalue weighted by molar-refractivity contribution is 6.23. The lowest BCUT2D eigenvalue weighted by atomic mass is 9.84. The van der Waals surface area contributed by atoms with Crippen LogP contribution in [0.5, 0.6) is 0 Å². The van der Waals surface area contributed by atoms with Crippen molar-refractivity contribution in [3.63, 3.8) is 0 Å². The summed E-state index contributed by atoms with van der Waals surface area (Å²) in [5.74, 6) is -1.83. The first kappa shape index (κ1) is 21.5. The maximum atomic E-state index is 12.0. The molecule has 0 heterocycles. The van der Waals surface area contributed by atoms with Crippen LogP contribution in [0, 0.1) is 5.92 Å². The Labute approximate surface area is 153 Å². The smallest absolute Gasteiger partial charge is 0.173 e. The third-order valence-corrected chi connectivity index (χ3v) is 4.76. The number of hydrogen-bond donors (Lipinski definition) is 0. The number of carbonyl (C=O) groups excluding carboxylic acids is 3. The highest BCUT2D eigenvalue weighted by atomic mass is 16.2. The highest BCUT2D eigenvalue weighted by Gasteiger charge is 2.34. The van der Waals surface area contributed by atoms with Gasteiger partial charge in [-0.3, -0.25) is 14.4 Å². The van der Waals surface area contributed by atoms with Gasteiger partial charge in [0.05, 0.1) is 0 Å². The number of hydrogen-bond acceptors (Lipinski definition) is 3. The summed E-state index contributed by atoms with van der Waals surface area (Å²) in [6.07, 6.45) is 21.1. The van der Waals surface area contributed by atoms with Gasteiger partial charge < -0.3 is 0 Å². The zero-order valence-electron chi connectivity index (χ0n) is 15.8. The molecule has 0 spiro atoms. The van der Waals surface area contributed by atoms with Gasteiger partial charge in [0.15, 0.2) is 17.3 Å². The Morgan fingerprint density at radius 2 is 1.44 bits per heavy atom. The average Bonchev–Trinajstić information content (AvgIpc) is 2.59. The zero-order valence-corrected chi connectivity index (χ0v) is 15.8. The predicted octanol–water partition coefficient (Wildman–Crippen LogP) is 5.53. The SMILES string of the molecule is CCCCCCCCCCCC=CC=CC(=O)C1C(=O)CCCC1=O. The Morgan fingerprint density at radius 3 is 2.04 bits per heavy atom. The van der Waals surface area contributed by atoms with Crippen molar-refractivity contribution in [2.45, 2.75) is 90.4 Å². The molecule has 0 aliphatic heterocycles. The summed E-state index contributed by atoms with van der Waals surface area (Å²) in [5.41, 5.74) is 0. The fourth-order valence-electron chi connectivity index (χ4n) is 3.22. The molecule has 1 aliphatic carbocycles. The van der Waals surface area contributed by atoms with E-state index in [0.717, 1.165) is 6.42 Å². The number of rotatable bonds is 13. The van der Waals surface area contributed by atoms with Crippen molar-refractivity contribution in [3.05, 3.63) is 24.3 Å². The van der Waals surface area contributed by atoms with E-state index >= 15 is 0 Å². The first-order chi connectivity index (χ1) is 12.2. The van der Waals surface area contributed by atoms with Crippen LogP contribution >= 0.6 is 0 Å². The van der Waals surface area contributed by atoms with E-state index in [-0.39, 0.29) is 17.3 Å². The second kappa shape index (κ2) is 13.7. The molecule has 3 nitrogen and oxygen atoms in total. The van der Waals surface area contributed by atoms with Gasteiger partial charge in [0.2, 0.25) is 0 Å². The number of carbonyl (C=O) groups is 3. The van der Waals surface area contributed by atoms with Crippen LogP contribution in [0.15, 0.2) is 24.3 Å². The first-order valence-electron chi connectivity index (χ1n) is 10.1. The molecule has 0 amide bonds. The van der Waals surface area contributed by atoms with Gasteiger partial charge in [0, 0.05) is 12.8 Å². The van der Waals surface area contributed by atoms with Gasteiger partial charge in [-0.25, -0.2) is 0 Å². The molecule has 0 bridgehead atoms. The lowest BCUT2D eigenvalue weighted by molar-refractivity contribution is -0.140. The van der Waals surface area contributed by atoms with Crippen molar-refractivity contribution >= 4 is 17.3 Å². The van der Waals surface area contributed by atoms with Crippen molar-refractivity contribution in [1.82, 2.24) is 0 Å². The average molecular weight is 347 g/mol. The fourth-order valence-corrected chi connectivity index (χ4v) is 3.22. The summed E-state index contributed by atoms with van der Waals surface area (Å²) in [4.78, 5) is 35.3. The molecule has 1 rings (SSSR count). The fraction of sp³-hybridized carbons (Fsp3) is 0.682. The van der Waals surface area contributed by atoms with Gasteiger partial charge in [-0.1, -0.05) is 76.5 Å². The minimum Gasteiger partial charge on any atom is -0.298 e. The summed E-state index contributed by atoms with van der Waals surface area (Å²) in [6, 6.07) is 0. The molecule has 3 heteroatoms. The summed E-state index contributed by atoms with van der Waals surface area (Å²) in [5, 5.41) is 0. The molecular formula is C22H34O3. The number of ketones is 3. The van der Waals surface area contributed by atoms with Gasteiger partial charge in [0.1, 0.15) is 5.92 Å². The van der Waals surface area contributed by atoms with Crippen LogP contribution in [0.3, 0.4) is 0 Å². The summed E-state index contributed by atoms with van der Waals surface area (Å²) in [7, 11) is 0. The molecule has 0 aromatic heterocycles. The molecule has 0 unspecified atom stereocenters. The standard InChI is InChI=1S/C22H34O3/c1-2-3-4-5-6-7-8-9-10-11-12-13-14-16-19(23)22-20(24)17-15-18-21(22)25/h12-14,16,22H,2-11,15,17-18H2,1H3. The van der Waals surface area contributed by atoms with Crippen LogP contribution in [0.25, 0.3) is 0 Å². The Morgan fingerprint density at radius 1 is 0.880 bits per heavy atom. The van der Waals surface area contributed by atoms with Crippen molar-refractivity contribution in [1.29, 1.82) is 0 Å². The lowest BCUT2D eigenvalue weighted by Crippen LogP contribution is -2.34. The second-order valence-corrected chi connectivity index (χ2v) is 7.03. The van der Waals surface area contributed by atoms with E-state index in [2.05, 4.69) is 13.0 Å². The Hall–Kier alpha value is -1.51. The lowest BCUT2D eigenvalue weighted by Gasteiger charge is -2.16. The molecule has 0 N–H and O–H groups in total. The van der Waals surface area contributed by atoms with Crippen LogP contribution in [-0.4, -0.2) is 17.3 Å². The van der Waals surface area contributed by atoms with Crippen LogP contribution in [-0.2, 0) is 14.4 Å². The monoisotopic (exact) mass is 346 g/mol. The number of allylic oxidation sites excluding steroid dienone is 4. The van der Waals surface area contributed by atoms with E-state index < -0.39 is 5.92 Å². The molecule has 25 heavy (non-hydrogen) atoms. The molecule has 0 aromatic carbocycles. The third kappa shape index (κ3) is 9.52. The quantitative estimate of drug-likeness (QED) is 0.191. The minimum absolute atomic E-state index is 0.218. The van der Waals surface area contributed by atoms with Crippen LogP contribution in [0.2, 0.25) is 0 Å². The largest absolute Gasteiger partial charge is 0.298 e. The predicted molar refractivity (Wildman–Crippen MR) is 102 cm³/mol. The summed E-state index contributed by atoms with van der Waals surface area (Å²) < 4.78 is 0. The number of unbranched alkanes of at least 4 members (excludes halogenated alkanes) is 9. The van der Waals surface area contributed by atoms with E-state index in [4.69, 9.17) is 0 Å². The van der Waals surface area contributed by atoms with E-state index in [0.29, 0.717) is 19.3 Å². The topological polar surface area (TPSA) is 51.2 Å². The van der Waals surface area contributed by atoms with Crippen LogP contribution in [0.1, 0.15) is 90.4 Å². The molecule has 0 saturated heterocycles. The third-order valence-electron chi connectivity index (χ3n) is 4.76. The first-order valence-corrected chi connectivity index (χ1v) is 10.1. The van der Waals surface area contributed by atoms with Gasteiger partial charge in [-0.2, -0.15) is 0 Å². The summed E-state index contributed by atoms with van der Waals surface area (Å²) >= 11 is 0. The zero-order chi connectivity index (χ0) is 18.3. The van der Waals surface area contributed by atoms with E-state index in [1.54, 1.807) is 6.08 Å². The maximum absolute atomic E-state index is 12.0. The Bertz CT molecular complexity index is 458. The van der Waals surface area contributed by atoms with Gasteiger partial charge in [-0.15, -0.1) is 0 Å². The molecule has 1 aliphatic rings. The van der Waals surface area contributed by atoms with E-state index in [1.807, 2.05) is 6.08 Å². The van der Waals surface area contributed by atoms with Crippen LogP contribution < -0.4 is 0 Å². The van der Waals surface area contributed by atoms with E-state index in [9.17, 15) is 14.4 Å². The van der Waals surface area contributed by atoms with Gasteiger partial charge in [-0.05, 0) is 25.3 Å². The Balaban J connectivity index is 2.07. The molecule has 140 valence electrons. The number of Topliss-reactive ketones (excluding diaryl/α,β-unsaturated/α-hetero) is 2. The van der Waals surface area contributed by atoms with Crippen molar-refractivity contribution in [3.8, 4) is 0 Å². The molecule has 0 aromatic rings. The highest BCUT2D eigenvalue weighted by Crippen LogP contribution is 2.18. The van der Waals surface area contributed by atoms with Gasteiger partial charge >= 0.3 is 0 Å². The molecular weight excluding hydrogens is 312 g/mol. The Kier molecular flexibility index (Phi) is 11.8. The second-order valence-electron chi connectivity index (χ2n) is 7.03. The molecule has 0 atom stereocenters. The minimum atomic E-state index is -1.03. The summed E-state index contributed by atoms with van der Waals surface area (Å²) in [6.45, 7) is 2.24. The van der Waals surface area contributed by atoms with Crippen molar-refractivity contribution in [2.24, 2.45) is 5.92 Å². The van der Waals surface area contributed by atoms with Crippen molar-refractivity contribution in [2.75, 3.05) is 0 Å².